The molecule has 2 rings (SSSR count). The molecule has 0 saturated heterocycles. The number of hydrogen-bond acceptors (Lipinski definition) is 4. The fraction of sp³-hybridized carbons (Fsp3) is 0.368. The Balaban J connectivity index is 2.22. The molecular formula is C19H23FN2O3. The van der Waals surface area contributed by atoms with Gasteiger partial charge in [-0.15, -0.1) is 0 Å². The van der Waals surface area contributed by atoms with Crippen LogP contribution in [0.1, 0.15) is 44.6 Å². The van der Waals surface area contributed by atoms with Crippen molar-refractivity contribution in [2.24, 2.45) is 0 Å². The van der Waals surface area contributed by atoms with Gasteiger partial charge < -0.3 is 9.72 Å². The molecule has 2 aromatic rings. The van der Waals surface area contributed by atoms with Crippen LogP contribution >= 0.6 is 0 Å². The first kappa shape index (κ1) is 18.9. The molecule has 0 fully saturated rings. The number of aromatic amines is 1. The van der Waals surface area contributed by atoms with Crippen LogP contribution in [0, 0.1) is 19.7 Å². The zero-order valence-corrected chi connectivity index (χ0v) is 15.1. The molecule has 1 N–H and O–H groups in total. The molecule has 25 heavy (non-hydrogen) atoms. The highest BCUT2D eigenvalue weighted by Crippen LogP contribution is 2.21. The molecule has 5 nitrogen and oxygen atoms in total. The number of H-pyrrole nitrogens is 1. The summed E-state index contributed by atoms with van der Waals surface area (Å²) in [6.45, 7) is 5.51. The number of rotatable bonds is 6. The molecule has 1 atom stereocenters. The number of carbonyl (C=O) groups is 2. The summed E-state index contributed by atoms with van der Waals surface area (Å²) in [6, 6.07) is 6.01. The van der Waals surface area contributed by atoms with Gasteiger partial charge in [0.25, 0.3) is 0 Å². The number of carbonyl (C=O) groups excluding carboxylic acids is 2. The number of nitrogens with one attached hydrogen (secondary N) is 1. The first-order valence-electron chi connectivity index (χ1n) is 8.03. The number of nitrogens with zero attached hydrogens (tertiary/aromatic N) is 1. The van der Waals surface area contributed by atoms with Gasteiger partial charge in [-0.1, -0.05) is 18.2 Å². The molecule has 0 saturated carbocycles. The van der Waals surface area contributed by atoms with Gasteiger partial charge in [0.2, 0.25) is 0 Å². The van der Waals surface area contributed by atoms with Crippen molar-refractivity contribution in [3.8, 4) is 0 Å². The smallest absolute Gasteiger partial charge is 0.339 e. The van der Waals surface area contributed by atoms with Gasteiger partial charge in [0.1, 0.15) is 5.82 Å². The van der Waals surface area contributed by atoms with Gasteiger partial charge in [-0.2, -0.15) is 0 Å². The lowest BCUT2D eigenvalue weighted by Crippen LogP contribution is -2.36. The van der Waals surface area contributed by atoms with E-state index in [1.807, 2.05) is 0 Å². The predicted octanol–water partition coefficient (Wildman–Crippen LogP) is 3.26. The van der Waals surface area contributed by atoms with Crippen molar-refractivity contribution >= 4 is 11.8 Å². The zero-order chi connectivity index (χ0) is 18.7. The molecule has 134 valence electrons. The number of Topliss-reactive ketones (excluding diaryl/α,β-unsaturated/α-hetero) is 1. The number of esters is 1. The third kappa shape index (κ3) is 3.79. The van der Waals surface area contributed by atoms with Crippen LogP contribution in [0.5, 0.6) is 0 Å². The number of likely N-dealkylation sites (N-methyl/N-ethyl adjacent to an activating group) is 1. The number of halogens is 1. The van der Waals surface area contributed by atoms with Crippen LogP contribution < -0.4 is 0 Å². The third-order valence-corrected chi connectivity index (χ3v) is 4.49. The summed E-state index contributed by atoms with van der Waals surface area (Å²) >= 11 is 0. The SMILES string of the molecule is COC(=O)c1c(C)[nH]c(C(=O)[C@H](C)N(C)Cc2ccccc2F)c1C. The van der Waals surface area contributed by atoms with Crippen LogP contribution in [0.25, 0.3) is 0 Å². The fourth-order valence-corrected chi connectivity index (χ4v) is 2.85. The van der Waals surface area contributed by atoms with Gasteiger partial charge in [-0.3, -0.25) is 9.69 Å². The number of hydrogen-bond donors (Lipinski definition) is 1. The van der Waals surface area contributed by atoms with Gasteiger partial charge >= 0.3 is 5.97 Å². The van der Waals surface area contributed by atoms with Crippen molar-refractivity contribution in [2.45, 2.75) is 33.4 Å². The summed E-state index contributed by atoms with van der Waals surface area (Å²) in [5.74, 6) is -0.930. The van der Waals surface area contributed by atoms with Crippen molar-refractivity contribution in [3.63, 3.8) is 0 Å². The second-order valence-corrected chi connectivity index (χ2v) is 6.16. The average molecular weight is 346 g/mol. The highest BCUT2D eigenvalue weighted by atomic mass is 19.1. The Morgan fingerprint density at radius 1 is 1.28 bits per heavy atom. The molecule has 1 aromatic carbocycles. The number of benzene rings is 1. The minimum Gasteiger partial charge on any atom is -0.465 e. The highest BCUT2D eigenvalue weighted by Gasteiger charge is 2.27. The topological polar surface area (TPSA) is 62.4 Å². The van der Waals surface area contributed by atoms with E-state index >= 15 is 0 Å². The highest BCUT2D eigenvalue weighted by molar-refractivity contribution is 6.03. The Labute approximate surface area is 146 Å². The summed E-state index contributed by atoms with van der Waals surface area (Å²) < 4.78 is 18.6. The van der Waals surface area contributed by atoms with Crippen LogP contribution in [0.2, 0.25) is 0 Å². The molecule has 6 heteroatoms. The number of ether oxygens (including phenoxy) is 1. The van der Waals surface area contributed by atoms with Crippen LogP contribution in [0.3, 0.4) is 0 Å². The molecule has 0 radical (unpaired) electrons. The van der Waals surface area contributed by atoms with Crippen molar-refractivity contribution in [1.82, 2.24) is 9.88 Å². The largest absolute Gasteiger partial charge is 0.465 e. The third-order valence-electron chi connectivity index (χ3n) is 4.49. The van der Waals surface area contributed by atoms with Gasteiger partial charge in [-0.25, -0.2) is 9.18 Å². The number of ketones is 1. The minimum atomic E-state index is -0.484. The molecule has 0 amide bonds. The summed E-state index contributed by atoms with van der Waals surface area (Å²) in [4.78, 5) is 29.5. The standard InChI is InChI=1S/C19H23FN2O3/c1-11-16(19(24)25-5)12(2)21-17(11)18(23)13(3)22(4)10-14-8-6-7-9-15(14)20/h6-9,13,21H,10H2,1-5H3/t13-/m0/s1. The summed E-state index contributed by atoms with van der Waals surface area (Å²) in [6.07, 6.45) is 0. The molecule has 0 spiro atoms. The van der Waals surface area contributed by atoms with E-state index < -0.39 is 12.0 Å². The quantitative estimate of drug-likeness (QED) is 0.644. The van der Waals surface area contributed by atoms with Crippen LogP contribution in [-0.4, -0.2) is 41.8 Å². The van der Waals surface area contributed by atoms with E-state index in [1.165, 1.54) is 13.2 Å². The van der Waals surface area contributed by atoms with E-state index in [0.717, 1.165) is 0 Å². The normalized spacial score (nSPS) is 12.3. The zero-order valence-electron chi connectivity index (χ0n) is 15.1. The van der Waals surface area contributed by atoms with E-state index in [2.05, 4.69) is 4.98 Å². The van der Waals surface area contributed by atoms with Crippen molar-refractivity contribution < 1.29 is 18.7 Å². The summed E-state index contributed by atoms with van der Waals surface area (Å²) in [7, 11) is 3.07. The maximum Gasteiger partial charge on any atom is 0.339 e. The first-order valence-corrected chi connectivity index (χ1v) is 8.03. The number of methoxy groups -OCH3 is 1. The fourth-order valence-electron chi connectivity index (χ4n) is 2.85. The monoisotopic (exact) mass is 346 g/mol. The number of aryl methyl sites for hydroxylation is 1. The molecule has 0 aliphatic rings. The van der Waals surface area contributed by atoms with E-state index in [1.54, 1.807) is 50.9 Å². The molecular weight excluding hydrogens is 323 g/mol. The number of aromatic nitrogens is 1. The molecule has 0 unspecified atom stereocenters. The van der Waals surface area contributed by atoms with Crippen LogP contribution in [0.4, 0.5) is 4.39 Å². The second-order valence-electron chi connectivity index (χ2n) is 6.16. The van der Waals surface area contributed by atoms with E-state index in [4.69, 9.17) is 4.74 Å². The summed E-state index contributed by atoms with van der Waals surface area (Å²) in [5, 5.41) is 0. The lowest BCUT2D eigenvalue weighted by molar-refractivity contribution is 0.0599. The lowest BCUT2D eigenvalue weighted by atomic mass is 10.0. The van der Waals surface area contributed by atoms with Gasteiger partial charge in [0.05, 0.1) is 24.4 Å². The first-order chi connectivity index (χ1) is 11.8. The predicted molar refractivity (Wildman–Crippen MR) is 93.3 cm³/mol. The van der Waals surface area contributed by atoms with Crippen LogP contribution in [0.15, 0.2) is 24.3 Å². The van der Waals surface area contributed by atoms with Gasteiger partial charge in [0, 0.05) is 17.8 Å². The Morgan fingerprint density at radius 3 is 2.52 bits per heavy atom. The Hall–Kier alpha value is -2.47. The lowest BCUT2D eigenvalue weighted by Gasteiger charge is -2.23. The Bertz CT molecular complexity index is 798. The van der Waals surface area contributed by atoms with Crippen LogP contribution in [-0.2, 0) is 11.3 Å². The van der Waals surface area contributed by atoms with E-state index in [-0.39, 0.29) is 11.6 Å². The Morgan fingerprint density at radius 2 is 1.92 bits per heavy atom. The van der Waals surface area contributed by atoms with Gasteiger partial charge in [0.15, 0.2) is 5.78 Å². The molecule has 0 aliphatic heterocycles. The molecule has 0 aliphatic carbocycles. The molecule has 0 bridgehead atoms. The molecule has 1 heterocycles. The maximum atomic E-state index is 13.8. The van der Waals surface area contributed by atoms with E-state index in [0.29, 0.717) is 34.6 Å². The second kappa shape index (κ2) is 7.61. The van der Waals surface area contributed by atoms with Crippen molar-refractivity contribution in [2.75, 3.05) is 14.2 Å². The average Bonchev–Trinajstić information content (AvgIpc) is 2.89. The summed E-state index contributed by atoms with van der Waals surface area (Å²) in [5.41, 5.74) is 2.46. The van der Waals surface area contributed by atoms with Crippen molar-refractivity contribution in [1.29, 1.82) is 0 Å². The maximum absolute atomic E-state index is 13.8. The Kier molecular flexibility index (Phi) is 5.74. The van der Waals surface area contributed by atoms with E-state index in [9.17, 15) is 14.0 Å². The van der Waals surface area contributed by atoms with Gasteiger partial charge in [-0.05, 0) is 39.4 Å². The van der Waals surface area contributed by atoms with Crippen molar-refractivity contribution in [3.05, 3.63) is 58.2 Å². The molecule has 1 aromatic heterocycles. The minimum absolute atomic E-state index is 0.158.